The Labute approximate surface area is 202 Å². The normalized spacial score (nSPS) is 10.3. The molecule has 0 aliphatic rings. The van der Waals surface area contributed by atoms with Crippen molar-refractivity contribution in [2.45, 2.75) is 26.2 Å². The number of hydrogen-bond donors (Lipinski definition) is 3. The number of unbranched alkanes of at least 4 members (excludes halogenated alkanes) is 1. The van der Waals surface area contributed by atoms with Crippen LogP contribution in [0.25, 0.3) is 0 Å². The number of carbonyl (C=O) groups is 4. The number of aromatic nitrogens is 1. The molecule has 4 N–H and O–H groups in total. The van der Waals surface area contributed by atoms with E-state index in [4.69, 9.17) is 10.5 Å². The highest BCUT2D eigenvalue weighted by Gasteiger charge is 2.20. The molecule has 3 rings (SSSR count). The first-order valence-electron chi connectivity index (χ1n) is 11.1. The minimum atomic E-state index is -0.908. The van der Waals surface area contributed by atoms with Crippen LogP contribution in [0.1, 0.15) is 55.9 Å². The van der Waals surface area contributed by atoms with Crippen molar-refractivity contribution in [3.8, 4) is 0 Å². The number of esters is 2. The maximum atomic E-state index is 12.7. The highest BCUT2D eigenvalue weighted by atomic mass is 16.6. The number of nitrogens with zero attached hydrogens (tertiary/aromatic N) is 1. The van der Waals surface area contributed by atoms with E-state index in [1.54, 1.807) is 54.7 Å². The van der Waals surface area contributed by atoms with Gasteiger partial charge in [-0.15, -0.1) is 0 Å². The minimum Gasteiger partial charge on any atom is -0.399 e. The quantitative estimate of drug-likeness (QED) is 0.187. The lowest BCUT2D eigenvalue weighted by Crippen LogP contribution is -2.24. The van der Waals surface area contributed by atoms with Gasteiger partial charge < -0.3 is 21.1 Å². The average Bonchev–Trinajstić information content (AvgIpc) is 2.84. The average molecular weight is 475 g/mol. The second-order valence-electron chi connectivity index (χ2n) is 7.81. The molecule has 1 heterocycles. The molecule has 0 atom stereocenters. The van der Waals surface area contributed by atoms with Crippen LogP contribution in [0.15, 0.2) is 66.9 Å². The van der Waals surface area contributed by atoms with Gasteiger partial charge in [-0.1, -0.05) is 12.1 Å². The van der Waals surface area contributed by atoms with E-state index in [-0.39, 0.29) is 23.5 Å². The van der Waals surface area contributed by atoms with Gasteiger partial charge in [0, 0.05) is 30.4 Å². The summed E-state index contributed by atoms with van der Waals surface area (Å²) in [5, 5.41) is 5.39. The van der Waals surface area contributed by atoms with Crippen molar-refractivity contribution in [3.05, 3.63) is 89.1 Å². The number of nitrogens with two attached hydrogens (primary N) is 1. The SMILES string of the molecule is Cc1ccnc(NC(=O)c2ccccc2C(=O)OC(=O)CCCCNC(=O)c2ccc(N)cc2)c1. The standard InChI is InChI=1S/C26H26N4O5/c1-17-13-15-28-22(16-17)30-25(33)20-6-2-3-7-21(20)26(34)35-23(31)8-4-5-14-29-24(32)18-9-11-19(27)12-10-18/h2-3,6-7,9-13,15-16H,4-5,8,14,27H2,1H3,(H,29,32)(H,28,30,33). The van der Waals surface area contributed by atoms with E-state index in [1.807, 2.05) is 6.92 Å². The molecule has 9 heteroatoms. The van der Waals surface area contributed by atoms with Gasteiger partial charge in [-0.25, -0.2) is 9.78 Å². The van der Waals surface area contributed by atoms with Gasteiger partial charge in [-0.3, -0.25) is 14.4 Å². The van der Waals surface area contributed by atoms with E-state index in [9.17, 15) is 19.2 Å². The molecular weight excluding hydrogens is 448 g/mol. The third-order valence-electron chi connectivity index (χ3n) is 5.02. The van der Waals surface area contributed by atoms with Crippen molar-refractivity contribution in [2.24, 2.45) is 0 Å². The predicted octanol–water partition coefficient (Wildman–Crippen LogP) is 3.51. The van der Waals surface area contributed by atoms with E-state index < -0.39 is 17.8 Å². The Morgan fingerprint density at radius 1 is 0.914 bits per heavy atom. The molecule has 1 aromatic heterocycles. The highest BCUT2D eigenvalue weighted by molar-refractivity contribution is 6.12. The number of carbonyl (C=O) groups excluding carboxylic acids is 4. The lowest BCUT2D eigenvalue weighted by molar-refractivity contribution is -0.138. The summed E-state index contributed by atoms with van der Waals surface area (Å²) in [5.74, 6) is -2.05. The van der Waals surface area contributed by atoms with E-state index in [1.165, 1.54) is 12.1 Å². The minimum absolute atomic E-state index is 0.00887. The van der Waals surface area contributed by atoms with Crippen LogP contribution in [0, 0.1) is 6.92 Å². The number of pyridine rings is 1. The molecule has 0 spiro atoms. The Morgan fingerprint density at radius 3 is 2.34 bits per heavy atom. The van der Waals surface area contributed by atoms with Crippen molar-refractivity contribution in [2.75, 3.05) is 17.6 Å². The van der Waals surface area contributed by atoms with Crippen LogP contribution < -0.4 is 16.4 Å². The maximum absolute atomic E-state index is 12.7. The Kier molecular flexibility index (Phi) is 8.66. The number of anilines is 2. The van der Waals surface area contributed by atoms with Crippen LogP contribution >= 0.6 is 0 Å². The molecule has 0 aliphatic carbocycles. The number of nitrogens with one attached hydrogen (secondary N) is 2. The number of ether oxygens (including phenoxy) is 1. The fraction of sp³-hybridized carbons (Fsp3) is 0.192. The van der Waals surface area contributed by atoms with Gasteiger partial charge in [0.25, 0.3) is 11.8 Å². The Hall–Kier alpha value is -4.53. The lowest BCUT2D eigenvalue weighted by atomic mass is 10.1. The smallest absolute Gasteiger partial charge is 0.346 e. The molecule has 9 nitrogen and oxygen atoms in total. The summed E-state index contributed by atoms with van der Waals surface area (Å²) in [5.41, 5.74) is 7.62. The van der Waals surface area contributed by atoms with Crippen LogP contribution in [-0.2, 0) is 9.53 Å². The number of hydrogen-bond acceptors (Lipinski definition) is 7. The molecule has 2 aromatic carbocycles. The van der Waals surface area contributed by atoms with E-state index in [2.05, 4.69) is 15.6 Å². The molecule has 0 bridgehead atoms. The molecule has 0 unspecified atom stereocenters. The van der Waals surface area contributed by atoms with Crippen molar-refractivity contribution >= 4 is 35.3 Å². The van der Waals surface area contributed by atoms with E-state index in [0.29, 0.717) is 36.5 Å². The van der Waals surface area contributed by atoms with Crippen LogP contribution in [0.2, 0.25) is 0 Å². The summed E-state index contributed by atoms with van der Waals surface area (Å²) in [6, 6.07) is 16.1. The Bertz CT molecular complexity index is 1220. The first-order valence-corrected chi connectivity index (χ1v) is 11.1. The lowest BCUT2D eigenvalue weighted by Gasteiger charge is -2.10. The molecular formula is C26H26N4O5. The van der Waals surface area contributed by atoms with Crippen molar-refractivity contribution < 1.29 is 23.9 Å². The van der Waals surface area contributed by atoms with Gasteiger partial charge in [0.1, 0.15) is 5.82 Å². The second kappa shape index (κ2) is 12.1. The molecule has 0 radical (unpaired) electrons. The zero-order valence-corrected chi connectivity index (χ0v) is 19.2. The molecule has 2 amide bonds. The van der Waals surface area contributed by atoms with Crippen molar-refractivity contribution in [1.82, 2.24) is 10.3 Å². The highest BCUT2D eigenvalue weighted by Crippen LogP contribution is 2.14. The molecule has 0 saturated heterocycles. The maximum Gasteiger partial charge on any atom is 0.346 e. The van der Waals surface area contributed by atoms with Crippen LogP contribution in [0.3, 0.4) is 0 Å². The van der Waals surface area contributed by atoms with Gasteiger partial charge in [-0.2, -0.15) is 0 Å². The van der Waals surface area contributed by atoms with E-state index >= 15 is 0 Å². The number of nitrogen functional groups attached to an aromatic ring is 1. The van der Waals surface area contributed by atoms with Gasteiger partial charge in [0.2, 0.25) is 0 Å². The van der Waals surface area contributed by atoms with Crippen molar-refractivity contribution in [3.63, 3.8) is 0 Å². The number of amides is 2. The summed E-state index contributed by atoms with van der Waals surface area (Å²) in [6.45, 7) is 2.22. The molecule has 180 valence electrons. The topological polar surface area (TPSA) is 140 Å². The van der Waals surface area contributed by atoms with Crippen LogP contribution in [0.4, 0.5) is 11.5 Å². The number of rotatable bonds is 9. The molecule has 0 aliphatic heterocycles. The third kappa shape index (κ3) is 7.50. The predicted molar refractivity (Wildman–Crippen MR) is 131 cm³/mol. The van der Waals surface area contributed by atoms with Gasteiger partial charge in [-0.05, 0) is 73.9 Å². The van der Waals surface area contributed by atoms with Crippen molar-refractivity contribution in [1.29, 1.82) is 0 Å². The summed E-state index contributed by atoms with van der Waals surface area (Å²) in [7, 11) is 0. The molecule has 0 saturated carbocycles. The number of benzene rings is 2. The zero-order chi connectivity index (χ0) is 25.2. The summed E-state index contributed by atoms with van der Waals surface area (Å²) in [6.07, 6.45) is 2.49. The van der Waals surface area contributed by atoms with Crippen LogP contribution in [-0.4, -0.2) is 35.3 Å². The summed E-state index contributed by atoms with van der Waals surface area (Å²) < 4.78 is 4.93. The zero-order valence-electron chi connectivity index (χ0n) is 19.2. The summed E-state index contributed by atoms with van der Waals surface area (Å²) >= 11 is 0. The molecule has 3 aromatic rings. The second-order valence-corrected chi connectivity index (χ2v) is 7.81. The van der Waals surface area contributed by atoms with E-state index in [0.717, 1.165) is 5.56 Å². The Balaban J connectivity index is 1.46. The summed E-state index contributed by atoms with van der Waals surface area (Å²) in [4.78, 5) is 53.5. The van der Waals surface area contributed by atoms with Gasteiger partial charge in [0.15, 0.2) is 0 Å². The fourth-order valence-corrected chi connectivity index (χ4v) is 3.19. The Morgan fingerprint density at radius 2 is 1.63 bits per heavy atom. The van der Waals surface area contributed by atoms with Gasteiger partial charge >= 0.3 is 11.9 Å². The number of aryl methyl sites for hydroxylation is 1. The third-order valence-corrected chi connectivity index (χ3v) is 5.02. The van der Waals surface area contributed by atoms with Crippen LogP contribution in [0.5, 0.6) is 0 Å². The fourth-order valence-electron chi connectivity index (χ4n) is 3.19. The molecule has 0 fully saturated rings. The van der Waals surface area contributed by atoms with Gasteiger partial charge in [0.05, 0.1) is 11.1 Å². The monoisotopic (exact) mass is 474 g/mol. The molecule has 35 heavy (non-hydrogen) atoms. The first kappa shape index (κ1) is 25.1. The largest absolute Gasteiger partial charge is 0.399 e. The first-order chi connectivity index (χ1) is 16.8.